The van der Waals surface area contributed by atoms with Gasteiger partial charge >= 0.3 is 0 Å². The van der Waals surface area contributed by atoms with Crippen molar-refractivity contribution in [2.24, 2.45) is 5.92 Å². The molecule has 84 valence electrons. The van der Waals surface area contributed by atoms with Crippen LogP contribution in [0.25, 0.3) is 0 Å². The van der Waals surface area contributed by atoms with E-state index < -0.39 is 0 Å². The molecule has 0 aliphatic rings. The summed E-state index contributed by atoms with van der Waals surface area (Å²) in [6.45, 7) is 4.08. The van der Waals surface area contributed by atoms with Crippen LogP contribution in [-0.4, -0.2) is 17.0 Å². The molecule has 1 nitrogen and oxygen atoms in total. The molecular weight excluding hydrogens is 211 g/mol. The van der Waals surface area contributed by atoms with Gasteiger partial charge in [0.05, 0.1) is 6.10 Å². The molecular formula is C12H17FOS. The van der Waals surface area contributed by atoms with E-state index in [-0.39, 0.29) is 11.9 Å². The first-order chi connectivity index (χ1) is 7.13. The van der Waals surface area contributed by atoms with Crippen molar-refractivity contribution in [1.29, 1.82) is 0 Å². The fourth-order valence-electron chi connectivity index (χ4n) is 1.17. The fourth-order valence-corrected chi connectivity index (χ4v) is 2.24. The molecule has 0 saturated carbocycles. The van der Waals surface area contributed by atoms with Gasteiger partial charge in [0.15, 0.2) is 0 Å². The van der Waals surface area contributed by atoms with Crippen LogP contribution in [0.1, 0.15) is 20.3 Å². The van der Waals surface area contributed by atoms with E-state index in [1.165, 1.54) is 23.9 Å². The van der Waals surface area contributed by atoms with Gasteiger partial charge in [-0.1, -0.05) is 26.3 Å². The second-order valence-electron chi connectivity index (χ2n) is 3.72. The number of benzene rings is 1. The summed E-state index contributed by atoms with van der Waals surface area (Å²) in [5, 5.41) is 9.73. The average molecular weight is 228 g/mol. The molecule has 1 N–H and O–H groups in total. The molecule has 2 unspecified atom stereocenters. The highest BCUT2D eigenvalue weighted by atomic mass is 32.2. The van der Waals surface area contributed by atoms with Gasteiger partial charge in [0.25, 0.3) is 0 Å². The Labute approximate surface area is 94.7 Å². The second-order valence-corrected chi connectivity index (χ2v) is 4.81. The Morgan fingerprint density at radius 1 is 1.47 bits per heavy atom. The SMILES string of the molecule is CCC(C)C(O)CSc1cccc(F)c1. The Hall–Kier alpha value is -0.540. The van der Waals surface area contributed by atoms with Crippen molar-refractivity contribution in [1.82, 2.24) is 0 Å². The van der Waals surface area contributed by atoms with E-state index in [0.29, 0.717) is 11.7 Å². The maximum absolute atomic E-state index is 12.8. The first-order valence-electron chi connectivity index (χ1n) is 5.20. The summed E-state index contributed by atoms with van der Waals surface area (Å²) >= 11 is 1.50. The van der Waals surface area contributed by atoms with Gasteiger partial charge in [-0.3, -0.25) is 0 Å². The zero-order valence-electron chi connectivity index (χ0n) is 9.11. The van der Waals surface area contributed by atoms with Crippen molar-refractivity contribution in [3.05, 3.63) is 30.1 Å². The highest BCUT2D eigenvalue weighted by molar-refractivity contribution is 7.99. The Bertz CT molecular complexity index is 303. The van der Waals surface area contributed by atoms with Crippen molar-refractivity contribution in [2.75, 3.05) is 5.75 Å². The van der Waals surface area contributed by atoms with Crippen molar-refractivity contribution >= 4 is 11.8 Å². The van der Waals surface area contributed by atoms with E-state index in [4.69, 9.17) is 0 Å². The fraction of sp³-hybridized carbons (Fsp3) is 0.500. The maximum Gasteiger partial charge on any atom is 0.124 e. The number of aliphatic hydroxyl groups is 1. The summed E-state index contributed by atoms with van der Waals surface area (Å²) in [7, 11) is 0. The molecule has 0 amide bonds. The molecule has 0 heterocycles. The van der Waals surface area contributed by atoms with Gasteiger partial charge in [-0.2, -0.15) is 0 Å². The lowest BCUT2D eigenvalue weighted by atomic mass is 10.0. The molecule has 0 bridgehead atoms. The Kier molecular flexibility index (Phi) is 5.12. The van der Waals surface area contributed by atoms with Gasteiger partial charge in [-0.25, -0.2) is 4.39 Å². The predicted molar refractivity (Wildman–Crippen MR) is 62.6 cm³/mol. The topological polar surface area (TPSA) is 20.2 Å². The van der Waals surface area contributed by atoms with E-state index in [1.807, 2.05) is 13.0 Å². The first kappa shape index (κ1) is 12.5. The van der Waals surface area contributed by atoms with Gasteiger partial charge < -0.3 is 5.11 Å². The number of rotatable bonds is 5. The standard InChI is InChI=1S/C12H17FOS/c1-3-9(2)12(14)8-15-11-6-4-5-10(13)7-11/h4-7,9,12,14H,3,8H2,1-2H3. The third-order valence-electron chi connectivity index (χ3n) is 2.52. The van der Waals surface area contributed by atoms with Crippen LogP contribution in [0.3, 0.4) is 0 Å². The van der Waals surface area contributed by atoms with E-state index in [1.54, 1.807) is 6.07 Å². The summed E-state index contributed by atoms with van der Waals surface area (Å²) in [6, 6.07) is 6.47. The number of aliphatic hydroxyl groups excluding tert-OH is 1. The minimum absolute atomic E-state index is 0.224. The van der Waals surface area contributed by atoms with Gasteiger partial charge in [0, 0.05) is 10.6 Å². The molecule has 0 aliphatic heterocycles. The number of hydrogen-bond acceptors (Lipinski definition) is 2. The lowest BCUT2D eigenvalue weighted by Crippen LogP contribution is -2.19. The second kappa shape index (κ2) is 6.13. The maximum atomic E-state index is 12.8. The number of thioether (sulfide) groups is 1. The van der Waals surface area contributed by atoms with Crippen LogP contribution < -0.4 is 0 Å². The third-order valence-corrected chi connectivity index (χ3v) is 3.61. The van der Waals surface area contributed by atoms with Crippen LogP contribution in [0.15, 0.2) is 29.2 Å². The highest BCUT2D eigenvalue weighted by Gasteiger charge is 2.12. The summed E-state index contributed by atoms with van der Waals surface area (Å²) in [5.74, 6) is 0.697. The van der Waals surface area contributed by atoms with Gasteiger partial charge in [-0.15, -0.1) is 11.8 Å². The van der Waals surface area contributed by atoms with Crippen LogP contribution in [0.2, 0.25) is 0 Å². The molecule has 1 aromatic rings. The van der Waals surface area contributed by atoms with E-state index in [0.717, 1.165) is 11.3 Å². The van der Waals surface area contributed by atoms with Gasteiger partial charge in [0.2, 0.25) is 0 Å². The normalized spacial score (nSPS) is 14.9. The largest absolute Gasteiger partial charge is 0.392 e. The molecule has 0 aliphatic carbocycles. The molecule has 0 aromatic heterocycles. The minimum atomic E-state index is -0.316. The Balaban J connectivity index is 2.43. The highest BCUT2D eigenvalue weighted by Crippen LogP contribution is 2.22. The van der Waals surface area contributed by atoms with Crippen molar-refractivity contribution in [3.63, 3.8) is 0 Å². The molecule has 15 heavy (non-hydrogen) atoms. The smallest absolute Gasteiger partial charge is 0.124 e. The molecule has 0 radical (unpaired) electrons. The molecule has 1 rings (SSSR count). The predicted octanol–water partition coefficient (Wildman–Crippen LogP) is 3.32. The Morgan fingerprint density at radius 3 is 2.80 bits per heavy atom. The molecule has 0 saturated heterocycles. The zero-order chi connectivity index (χ0) is 11.3. The number of halogens is 1. The van der Waals surface area contributed by atoms with E-state index in [2.05, 4.69) is 6.92 Å². The first-order valence-corrected chi connectivity index (χ1v) is 6.18. The van der Waals surface area contributed by atoms with Crippen molar-refractivity contribution in [3.8, 4) is 0 Å². The molecule has 2 atom stereocenters. The van der Waals surface area contributed by atoms with Crippen molar-refractivity contribution in [2.45, 2.75) is 31.3 Å². The average Bonchev–Trinajstić information content (AvgIpc) is 2.25. The molecule has 0 fully saturated rings. The minimum Gasteiger partial charge on any atom is -0.392 e. The third kappa shape index (κ3) is 4.22. The summed E-state index contributed by atoms with van der Waals surface area (Å²) < 4.78 is 12.8. The molecule has 3 heteroatoms. The summed E-state index contributed by atoms with van der Waals surface area (Å²) in [4.78, 5) is 0.873. The lowest BCUT2D eigenvalue weighted by Gasteiger charge is -2.16. The van der Waals surface area contributed by atoms with Crippen LogP contribution in [-0.2, 0) is 0 Å². The van der Waals surface area contributed by atoms with Crippen molar-refractivity contribution < 1.29 is 9.50 Å². The van der Waals surface area contributed by atoms with Crippen LogP contribution >= 0.6 is 11.8 Å². The van der Waals surface area contributed by atoms with Crippen LogP contribution in [0.5, 0.6) is 0 Å². The van der Waals surface area contributed by atoms with Gasteiger partial charge in [-0.05, 0) is 24.1 Å². The quantitative estimate of drug-likeness (QED) is 0.780. The van der Waals surface area contributed by atoms with Crippen LogP contribution in [0.4, 0.5) is 4.39 Å². The molecule has 1 aromatic carbocycles. The van der Waals surface area contributed by atoms with E-state index >= 15 is 0 Å². The summed E-state index contributed by atoms with van der Waals surface area (Å²) in [6.07, 6.45) is 0.647. The zero-order valence-corrected chi connectivity index (χ0v) is 9.93. The number of hydrogen-bond donors (Lipinski definition) is 1. The van der Waals surface area contributed by atoms with Gasteiger partial charge in [0.1, 0.15) is 5.82 Å². The Morgan fingerprint density at radius 2 is 2.20 bits per heavy atom. The van der Waals surface area contributed by atoms with E-state index in [9.17, 15) is 9.50 Å². The molecule has 0 spiro atoms. The monoisotopic (exact) mass is 228 g/mol. The lowest BCUT2D eigenvalue weighted by molar-refractivity contribution is 0.137. The van der Waals surface area contributed by atoms with Crippen LogP contribution in [0, 0.1) is 11.7 Å². The summed E-state index contributed by atoms with van der Waals surface area (Å²) in [5.41, 5.74) is 0.